The molecule has 1 amide bonds. The Balaban J connectivity index is 1.59. The molecule has 20 heavy (non-hydrogen) atoms. The first-order chi connectivity index (χ1) is 9.47. The van der Waals surface area contributed by atoms with Crippen LogP contribution in [-0.4, -0.2) is 11.9 Å². The summed E-state index contributed by atoms with van der Waals surface area (Å²) in [6.07, 6.45) is 10.3. The van der Waals surface area contributed by atoms with Crippen LogP contribution in [0.15, 0.2) is 0 Å². The van der Waals surface area contributed by atoms with Crippen LogP contribution in [0.2, 0.25) is 0 Å². The minimum absolute atomic E-state index is 0.280. The summed E-state index contributed by atoms with van der Waals surface area (Å²) in [5, 5.41) is 3.35. The second-order valence-electron chi connectivity index (χ2n) is 8.50. The normalized spacial score (nSPS) is 40.1. The third kappa shape index (κ3) is 2.76. The minimum atomic E-state index is 0.280. The van der Waals surface area contributed by atoms with Crippen molar-refractivity contribution in [1.82, 2.24) is 5.32 Å². The lowest BCUT2D eigenvalue weighted by molar-refractivity contribution is -0.126. The van der Waals surface area contributed by atoms with Gasteiger partial charge in [-0.25, -0.2) is 0 Å². The van der Waals surface area contributed by atoms with Gasteiger partial charge in [-0.1, -0.05) is 13.8 Å². The summed E-state index contributed by atoms with van der Waals surface area (Å²) >= 11 is 0. The molecule has 2 heteroatoms. The topological polar surface area (TPSA) is 29.1 Å². The molecule has 0 aromatic rings. The quantitative estimate of drug-likeness (QED) is 0.804. The Morgan fingerprint density at radius 2 is 1.55 bits per heavy atom. The zero-order valence-electron chi connectivity index (χ0n) is 13.5. The number of carbonyl (C=O) groups is 1. The smallest absolute Gasteiger partial charge is 0.220 e. The van der Waals surface area contributed by atoms with Crippen LogP contribution in [0.25, 0.3) is 0 Å². The molecular formula is C18H31NO. The molecule has 4 rings (SSSR count). The predicted molar refractivity (Wildman–Crippen MR) is 82.3 cm³/mol. The van der Waals surface area contributed by atoms with Crippen molar-refractivity contribution < 1.29 is 4.79 Å². The van der Waals surface area contributed by atoms with Gasteiger partial charge < -0.3 is 5.32 Å². The molecule has 1 atom stereocenters. The molecule has 0 aliphatic heterocycles. The van der Waals surface area contributed by atoms with E-state index in [1.807, 2.05) is 0 Å². The Hall–Kier alpha value is -0.530. The molecular weight excluding hydrogens is 246 g/mol. The number of nitrogens with one attached hydrogen (secondary N) is 1. The van der Waals surface area contributed by atoms with Crippen LogP contribution >= 0.6 is 0 Å². The first-order valence-corrected chi connectivity index (χ1v) is 8.76. The predicted octanol–water partition coefficient (Wildman–Crippen LogP) is 4.14. The molecule has 4 aliphatic carbocycles. The first-order valence-electron chi connectivity index (χ1n) is 8.76. The van der Waals surface area contributed by atoms with Crippen molar-refractivity contribution in [2.24, 2.45) is 29.1 Å². The third-order valence-electron chi connectivity index (χ3n) is 6.33. The lowest BCUT2D eigenvalue weighted by atomic mass is 9.48. The van der Waals surface area contributed by atoms with Crippen LogP contribution in [0.3, 0.4) is 0 Å². The summed E-state index contributed by atoms with van der Waals surface area (Å²) in [5.41, 5.74) is 0.447. The Morgan fingerprint density at radius 1 is 1.05 bits per heavy atom. The standard InChI is InChI=1S/C18H31NO/c1-12(2)4-5-17(20)19-13(3)18-9-14-6-15(10-18)8-16(7-14)11-18/h12-16H,4-11H2,1-3H3,(H,19,20). The average molecular weight is 277 g/mol. The van der Waals surface area contributed by atoms with E-state index in [1.165, 1.54) is 38.5 Å². The van der Waals surface area contributed by atoms with Gasteiger partial charge in [0.15, 0.2) is 0 Å². The molecule has 4 saturated carbocycles. The maximum absolute atomic E-state index is 12.1. The van der Waals surface area contributed by atoms with Gasteiger partial charge in [-0.2, -0.15) is 0 Å². The first kappa shape index (κ1) is 14.4. The molecule has 114 valence electrons. The molecule has 0 aromatic heterocycles. The highest BCUT2D eigenvalue weighted by Crippen LogP contribution is 2.61. The largest absolute Gasteiger partial charge is 0.353 e. The van der Waals surface area contributed by atoms with E-state index in [1.54, 1.807) is 0 Å². The van der Waals surface area contributed by atoms with Gasteiger partial charge in [0.1, 0.15) is 0 Å². The zero-order chi connectivity index (χ0) is 14.3. The fourth-order valence-electron chi connectivity index (χ4n) is 5.59. The van der Waals surface area contributed by atoms with E-state index in [-0.39, 0.29) is 5.91 Å². The van der Waals surface area contributed by atoms with Crippen molar-refractivity contribution in [1.29, 1.82) is 0 Å². The Labute approximate surface area is 124 Å². The third-order valence-corrected chi connectivity index (χ3v) is 6.33. The van der Waals surface area contributed by atoms with Crippen LogP contribution < -0.4 is 5.32 Å². The zero-order valence-corrected chi connectivity index (χ0v) is 13.5. The Kier molecular flexibility index (Phi) is 3.85. The van der Waals surface area contributed by atoms with Gasteiger partial charge in [0, 0.05) is 12.5 Å². The Morgan fingerprint density at radius 3 is 2.00 bits per heavy atom. The minimum Gasteiger partial charge on any atom is -0.353 e. The van der Waals surface area contributed by atoms with Crippen molar-refractivity contribution in [2.75, 3.05) is 0 Å². The second kappa shape index (κ2) is 5.35. The molecule has 1 unspecified atom stereocenters. The van der Waals surface area contributed by atoms with E-state index in [4.69, 9.17) is 0 Å². The van der Waals surface area contributed by atoms with E-state index in [9.17, 15) is 4.79 Å². The van der Waals surface area contributed by atoms with Crippen molar-refractivity contribution >= 4 is 5.91 Å². The van der Waals surface area contributed by atoms with Gasteiger partial charge in [0.25, 0.3) is 0 Å². The molecule has 0 aromatic carbocycles. The maximum Gasteiger partial charge on any atom is 0.220 e. The summed E-state index contributed by atoms with van der Waals surface area (Å²) in [6, 6.07) is 0.385. The lowest BCUT2D eigenvalue weighted by Gasteiger charge is -2.59. The fraction of sp³-hybridized carbons (Fsp3) is 0.944. The monoisotopic (exact) mass is 277 g/mol. The van der Waals surface area contributed by atoms with Crippen LogP contribution in [0.1, 0.15) is 72.1 Å². The fourth-order valence-corrected chi connectivity index (χ4v) is 5.59. The molecule has 4 bridgehead atoms. The summed E-state index contributed by atoms with van der Waals surface area (Å²) in [4.78, 5) is 12.1. The van der Waals surface area contributed by atoms with E-state index in [2.05, 4.69) is 26.1 Å². The number of rotatable bonds is 5. The van der Waals surface area contributed by atoms with E-state index in [0.717, 1.165) is 24.2 Å². The average Bonchev–Trinajstić information content (AvgIpc) is 2.34. The van der Waals surface area contributed by atoms with Crippen molar-refractivity contribution in [3.05, 3.63) is 0 Å². The van der Waals surface area contributed by atoms with E-state index < -0.39 is 0 Å². The van der Waals surface area contributed by atoms with Crippen molar-refractivity contribution in [2.45, 2.75) is 78.2 Å². The van der Waals surface area contributed by atoms with Crippen LogP contribution in [0.5, 0.6) is 0 Å². The second-order valence-corrected chi connectivity index (χ2v) is 8.50. The molecule has 1 N–H and O–H groups in total. The summed E-state index contributed by atoms with van der Waals surface area (Å²) in [6.45, 7) is 6.66. The lowest BCUT2D eigenvalue weighted by Crippen LogP contribution is -2.55. The number of hydrogen-bond donors (Lipinski definition) is 1. The number of hydrogen-bond acceptors (Lipinski definition) is 1. The van der Waals surface area contributed by atoms with E-state index >= 15 is 0 Å². The molecule has 0 radical (unpaired) electrons. The van der Waals surface area contributed by atoms with Crippen LogP contribution in [-0.2, 0) is 4.79 Å². The van der Waals surface area contributed by atoms with Gasteiger partial charge in [0.05, 0.1) is 0 Å². The number of amides is 1. The highest BCUT2D eigenvalue weighted by molar-refractivity contribution is 5.76. The highest BCUT2D eigenvalue weighted by Gasteiger charge is 2.53. The summed E-state index contributed by atoms with van der Waals surface area (Å²) in [5.74, 6) is 3.81. The molecule has 0 spiro atoms. The number of carbonyl (C=O) groups excluding carboxylic acids is 1. The van der Waals surface area contributed by atoms with Gasteiger partial charge in [-0.3, -0.25) is 4.79 Å². The SMILES string of the molecule is CC(C)CCC(=O)NC(C)C12CC3CC(CC(C3)C1)C2. The maximum atomic E-state index is 12.1. The Bertz CT molecular complexity index is 338. The molecule has 0 heterocycles. The molecule has 4 fully saturated rings. The van der Waals surface area contributed by atoms with Crippen molar-refractivity contribution in [3.63, 3.8) is 0 Å². The highest BCUT2D eigenvalue weighted by atomic mass is 16.1. The van der Waals surface area contributed by atoms with Crippen molar-refractivity contribution in [3.8, 4) is 0 Å². The van der Waals surface area contributed by atoms with Crippen LogP contribution in [0.4, 0.5) is 0 Å². The summed E-state index contributed by atoms with van der Waals surface area (Å²) < 4.78 is 0. The molecule has 0 saturated heterocycles. The van der Waals surface area contributed by atoms with Crippen LogP contribution in [0, 0.1) is 29.1 Å². The summed E-state index contributed by atoms with van der Waals surface area (Å²) in [7, 11) is 0. The molecule has 2 nitrogen and oxygen atoms in total. The van der Waals surface area contributed by atoms with Gasteiger partial charge >= 0.3 is 0 Å². The van der Waals surface area contributed by atoms with Gasteiger partial charge in [0.2, 0.25) is 5.91 Å². The van der Waals surface area contributed by atoms with E-state index in [0.29, 0.717) is 23.8 Å². The van der Waals surface area contributed by atoms with Gasteiger partial charge in [-0.15, -0.1) is 0 Å². The molecule has 4 aliphatic rings. The van der Waals surface area contributed by atoms with Gasteiger partial charge in [-0.05, 0) is 81.0 Å².